The predicted molar refractivity (Wildman–Crippen MR) is 145 cm³/mol. The maximum absolute atomic E-state index is 12.8. The number of aromatic nitrogens is 2. The number of carbonyl (C=O) groups excluding carboxylic acids is 1. The Labute approximate surface area is 207 Å². The number of allylic oxidation sites excluding steroid dienone is 2. The molecular formula is C29H33N5O. The van der Waals surface area contributed by atoms with Crippen LogP contribution in [-0.2, 0) is 11.8 Å². The van der Waals surface area contributed by atoms with E-state index in [1.807, 2.05) is 28.2 Å². The summed E-state index contributed by atoms with van der Waals surface area (Å²) in [6.45, 7) is 3.72. The molecule has 0 saturated heterocycles. The number of carbonyl (C=O) groups is 1. The molecule has 3 aromatic rings. The second kappa shape index (κ2) is 8.77. The molecule has 1 heterocycles. The van der Waals surface area contributed by atoms with Gasteiger partial charge >= 0.3 is 0 Å². The van der Waals surface area contributed by atoms with Crippen molar-refractivity contribution in [1.29, 1.82) is 0 Å². The fraction of sp³-hybridized carbons (Fsp3) is 0.310. The Balaban J connectivity index is 1.66. The average molecular weight is 468 g/mol. The summed E-state index contributed by atoms with van der Waals surface area (Å²) in [5.41, 5.74) is 6.13. The Morgan fingerprint density at radius 3 is 2.00 bits per heavy atom. The topological polar surface area (TPSA) is 53.4 Å². The molecule has 1 fully saturated rings. The number of anilines is 3. The summed E-state index contributed by atoms with van der Waals surface area (Å²) in [5, 5.41) is 8.20. The molecule has 1 saturated carbocycles. The van der Waals surface area contributed by atoms with E-state index in [4.69, 9.17) is 5.10 Å². The van der Waals surface area contributed by atoms with Crippen molar-refractivity contribution >= 4 is 29.2 Å². The van der Waals surface area contributed by atoms with Crippen molar-refractivity contribution in [3.63, 3.8) is 0 Å². The van der Waals surface area contributed by atoms with Crippen LogP contribution in [0.1, 0.15) is 40.0 Å². The Hall–Kier alpha value is -3.80. The van der Waals surface area contributed by atoms with Crippen molar-refractivity contribution < 1.29 is 4.79 Å². The van der Waals surface area contributed by atoms with Gasteiger partial charge in [-0.15, -0.1) is 5.10 Å². The fourth-order valence-corrected chi connectivity index (χ4v) is 4.83. The number of nitrogens with one attached hydrogen (secondary N) is 1. The molecule has 180 valence electrons. The number of rotatable bonds is 7. The first-order chi connectivity index (χ1) is 16.8. The van der Waals surface area contributed by atoms with Crippen LogP contribution in [0.4, 0.5) is 17.2 Å². The molecule has 0 aliphatic heterocycles. The van der Waals surface area contributed by atoms with E-state index in [0.29, 0.717) is 12.5 Å². The van der Waals surface area contributed by atoms with Gasteiger partial charge in [-0.2, -0.15) is 4.68 Å². The Bertz CT molecular complexity index is 1230. The largest absolute Gasteiger partial charge is 0.378 e. The third kappa shape index (κ3) is 4.14. The second-order valence-corrected chi connectivity index (χ2v) is 9.95. The molecule has 0 atom stereocenters. The molecule has 0 bridgehead atoms. The molecule has 0 spiro atoms. The molecule has 1 N–H and O–H groups in total. The third-order valence-electron chi connectivity index (χ3n) is 7.10. The maximum atomic E-state index is 12.8. The highest BCUT2D eigenvalue weighted by Crippen LogP contribution is 2.44. The summed E-state index contributed by atoms with van der Waals surface area (Å²) >= 11 is 0. The summed E-state index contributed by atoms with van der Waals surface area (Å²) in [7, 11) is 8.19. The zero-order chi connectivity index (χ0) is 24.7. The van der Waals surface area contributed by atoms with Crippen molar-refractivity contribution in [2.24, 2.45) is 0 Å². The van der Waals surface area contributed by atoms with Crippen LogP contribution in [0.5, 0.6) is 0 Å². The zero-order valence-electron chi connectivity index (χ0n) is 21.0. The average Bonchev–Trinajstić information content (AvgIpc) is 3.63. The van der Waals surface area contributed by atoms with Crippen molar-refractivity contribution in [2.45, 2.75) is 30.7 Å². The maximum Gasteiger partial charge on any atom is 0.270 e. The minimum atomic E-state index is -0.432. The van der Waals surface area contributed by atoms with Gasteiger partial charge in [0.2, 0.25) is 0 Å². The summed E-state index contributed by atoms with van der Waals surface area (Å²) in [6, 6.07) is 17.9. The van der Waals surface area contributed by atoms with Crippen molar-refractivity contribution in [3.05, 3.63) is 89.6 Å². The molecule has 0 radical (unpaired) electrons. The number of benzene rings is 2. The molecule has 0 amide bonds. The molecule has 0 unspecified atom stereocenters. The van der Waals surface area contributed by atoms with Gasteiger partial charge in [-0.05, 0) is 54.3 Å². The standard InChI is InChI=1S/C29H33N5O/c1-6-27(35)34-26-19-29(20-7-13-23(14-8-20)32(2)3,21-9-15-24(16-10-21)33(4)5)18-17-25(26)28(31-34)30-22-11-12-22/h6-10,13-18,22H,1,11-12,19H2,2-5H3,(H,30,31). The Kier molecular flexibility index (Phi) is 5.75. The molecule has 2 aliphatic rings. The van der Waals surface area contributed by atoms with Gasteiger partial charge in [0.25, 0.3) is 5.91 Å². The normalized spacial score (nSPS) is 15.9. The number of fused-ring (bicyclic) bond motifs is 1. The van der Waals surface area contributed by atoms with E-state index in [0.717, 1.165) is 41.3 Å². The number of hydrogen-bond acceptors (Lipinski definition) is 5. The Morgan fingerprint density at radius 1 is 1.00 bits per heavy atom. The van der Waals surface area contributed by atoms with Gasteiger partial charge in [0, 0.05) is 63.0 Å². The van der Waals surface area contributed by atoms with Crippen LogP contribution in [0.2, 0.25) is 0 Å². The molecular weight excluding hydrogens is 434 g/mol. The lowest BCUT2D eigenvalue weighted by Gasteiger charge is -2.35. The molecule has 1 aromatic heterocycles. The lowest BCUT2D eigenvalue weighted by atomic mass is 9.68. The summed E-state index contributed by atoms with van der Waals surface area (Å²) in [6.07, 6.45) is 8.67. The van der Waals surface area contributed by atoms with E-state index >= 15 is 0 Å². The van der Waals surface area contributed by atoms with Gasteiger partial charge in [-0.3, -0.25) is 4.79 Å². The number of hydrogen-bond donors (Lipinski definition) is 1. The molecule has 6 heteroatoms. The van der Waals surface area contributed by atoms with Gasteiger partial charge in [0.05, 0.1) is 5.69 Å². The van der Waals surface area contributed by atoms with Crippen LogP contribution in [0.15, 0.2) is 67.3 Å². The van der Waals surface area contributed by atoms with Crippen molar-refractivity contribution in [1.82, 2.24) is 9.78 Å². The lowest BCUT2D eigenvalue weighted by molar-refractivity contribution is 0.0950. The monoisotopic (exact) mass is 467 g/mol. The minimum absolute atomic E-state index is 0.208. The van der Waals surface area contributed by atoms with E-state index < -0.39 is 5.41 Å². The van der Waals surface area contributed by atoms with Crippen LogP contribution >= 0.6 is 0 Å². The van der Waals surface area contributed by atoms with Crippen LogP contribution in [0.3, 0.4) is 0 Å². The van der Waals surface area contributed by atoms with E-state index in [-0.39, 0.29) is 5.91 Å². The predicted octanol–water partition coefficient (Wildman–Crippen LogP) is 4.97. The summed E-state index contributed by atoms with van der Waals surface area (Å²) < 4.78 is 1.54. The van der Waals surface area contributed by atoms with Crippen molar-refractivity contribution in [2.75, 3.05) is 43.3 Å². The zero-order valence-corrected chi connectivity index (χ0v) is 21.0. The highest BCUT2D eigenvalue weighted by Gasteiger charge is 2.39. The highest BCUT2D eigenvalue weighted by molar-refractivity contribution is 5.91. The highest BCUT2D eigenvalue weighted by atomic mass is 16.2. The van der Waals surface area contributed by atoms with Gasteiger partial charge in [0.15, 0.2) is 5.82 Å². The molecule has 2 aromatic carbocycles. The minimum Gasteiger partial charge on any atom is -0.378 e. The molecule has 35 heavy (non-hydrogen) atoms. The SMILES string of the molecule is C=CC(=O)n1nc(NC2CC2)c2c1CC(c1ccc(N(C)C)cc1)(c1ccc(N(C)C)cc1)C=C2. The lowest BCUT2D eigenvalue weighted by Crippen LogP contribution is -2.32. The van der Waals surface area contributed by atoms with E-state index in [9.17, 15) is 4.79 Å². The smallest absolute Gasteiger partial charge is 0.270 e. The first kappa shape index (κ1) is 23.0. The van der Waals surface area contributed by atoms with E-state index in [1.165, 1.54) is 21.9 Å². The van der Waals surface area contributed by atoms with Crippen molar-refractivity contribution in [3.8, 4) is 0 Å². The summed E-state index contributed by atoms with van der Waals surface area (Å²) in [4.78, 5) is 17.0. The number of nitrogens with zero attached hydrogens (tertiary/aromatic N) is 4. The van der Waals surface area contributed by atoms with Gasteiger partial charge in [-0.1, -0.05) is 43.0 Å². The molecule has 5 rings (SSSR count). The van der Waals surface area contributed by atoms with E-state index in [1.54, 1.807) is 0 Å². The Morgan fingerprint density at radius 2 is 1.54 bits per heavy atom. The van der Waals surface area contributed by atoms with E-state index in [2.05, 4.69) is 82.4 Å². The quantitative estimate of drug-likeness (QED) is 0.497. The molecule has 6 nitrogen and oxygen atoms in total. The van der Waals surface area contributed by atoms with Gasteiger partial charge in [0.1, 0.15) is 0 Å². The van der Waals surface area contributed by atoms with Crippen LogP contribution in [0.25, 0.3) is 6.08 Å². The first-order valence-electron chi connectivity index (χ1n) is 12.1. The van der Waals surface area contributed by atoms with Gasteiger partial charge in [-0.25, -0.2) is 0 Å². The molecule has 2 aliphatic carbocycles. The first-order valence-corrected chi connectivity index (χ1v) is 12.1. The third-order valence-corrected chi connectivity index (χ3v) is 7.10. The second-order valence-electron chi connectivity index (χ2n) is 9.95. The summed E-state index contributed by atoms with van der Waals surface area (Å²) in [5.74, 6) is 0.577. The van der Waals surface area contributed by atoms with Gasteiger partial charge < -0.3 is 15.1 Å². The fourth-order valence-electron chi connectivity index (χ4n) is 4.83. The van der Waals surface area contributed by atoms with Crippen LogP contribution in [0, 0.1) is 0 Å². The van der Waals surface area contributed by atoms with Crippen LogP contribution in [-0.4, -0.2) is 49.9 Å². The van der Waals surface area contributed by atoms with Crippen LogP contribution < -0.4 is 15.1 Å².